The minimum atomic E-state index is -0.638. The van der Waals surface area contributed by atoms with Crippen molar-refractivity contribution in [3.63, 3.8) is 0 Å². The predicted molar refractivity (Wildman–Crippen MR) is 157 cm³/mol. The third kappa shape index (κ3) is 6.63. The third-order valence-corrected chi connectivity index (χ3v) is 6.80. The zero-order chi connectivity index (χ0) is 28.2. The minimum absolute atomic E-state index is 0.144. The lowest BCUT2D eigenvalue weighted by atomic mass is 9.90. The number of halogens is 1. The summed E-state index contributed by atoms with van der Waals surface area (Å²) >= 11 is 6.20. The molecule has 0 radical (unpaired) electrons. The van der Waals surface area contributed by atoms with Crippen molar-refractivity contribution in [1.29, 1.82) is 0 Å². The molecule has 39 heavy (non-hydrogen) atoms. The highest BCUT2D eigenvalue weighted by molar-refractivity contribution is 6.31. The van der Waals surface area contributed by atoms with E-state index in [1.165, 1.54) is 0 Å². The van der Waals surface area contributed by atoms with Gasteiger partial charge in [0.15, 0.2) is 0 Å². The molecular weight excluding hydrogens is 512 g/mol. The van der Waals surface area contributed by atoms with Crippen molar-refractivity contribution in [2.45, 2.75) is 39.7 Å². The van der Waals surface area contributed by atoms with Crippen LogP contribution in [0.2, 0.25) is 5.02 Å². The topological polar surface area (TPSA) is 59.1 Å². The Bertz CT molecular complexity index is 1380. The Labute approximate surface area is 235 Å². The molecule has 2 amide bonds. The van der Waals surface area contributed by atoms with Crippen LogP contribution < -0.4 is 9.64 Å². The summed E-state index contributed by atoms with van der Waals surface area (Å²) in [6.07, 6.45) is 0.0884. The Morgan fingerprint density at radius 2 is 1.64 bits per heavy atom. The Kier molecular flexibility index (Phi) is 8.66. The van der Waals surface area contributed by atoms with Gasteiger partial charge in [-0.15, -0.1) is 0 Å². The lowest BCUT2D eigenvalue weighted by molar-refractivity contribution is -0.115. The first kappa shape index (κ1) is 28.2. The first-order chi connectivity index (χ1) is 18.6. The lowest BCUT2D eigenvalue weighted by Gasteiger charge is -2.34. The average Bonchev–Trinajstić information content (AvgIpc) is 2.93. The number of hydrogen-bond acceptors (Lipinski definition) is 4. The molecule has 0 spiro atoms. The zero-order valence-electron chi connectivity index (χ0n) is 23.2. The molecule has 1 heterocycles. The smallest absolute Gasteiger partial charge is 0.410 e. The molecule has 6 nitrogen and oxygen atoms in total. The van der Waals surface area contributed by atoms with E-state index < -0.39 is 11.7 Å². The van der Waals surface area contributed by atoms with Crippen LogP contribution in [0, 0.1) is 0 Å². The van der Waals surface area contributed by atoms with E-state index in [1.54, 1.807) is 35.1 Å². The third-order valence-electron chi connectivity index (χ3n) is 6.57. The quantitative estimate of drug-likeness (QED) is 0.322. The van der Waals surface area contributed by atoms with Crippen LogP contribution in [0.5, 0.6) is 5.75 Å². The van der Waals surface area contributed by atoms with Crippen molar-refractivity contribution >= 4 is 34.9 Å². The molecule has 0 bridgehead atoms. The number of rotatable bonds is 6. The molecule has 1 aliphatic rings. The monoisotopic (exact) mass is 546 g/mol. The average molecular weight is 547 g/mol. The molecule has 3 aromatic rings. The maximum absolute atomic E-state index is 14.3. The van der Waals surface area contributed by atoms with E-state index in [0.29, 0.717) is 41.5 Å². The molecule has 4 rings (SSSR count). The SMILES string of the molecule is CCN(C(=O)C1=C(c2cccc(-c3ccccc3)c2)CCN(C(=O)OC(C)(C)C)C1)c1ccc(Cl)cc1OC. The second kappa shape index (κ2) is 12.0. The fraction of sp³-hybridized carbons (Fsp3) is 0.312. The number of ether oxygens (including phenoxy) is 2. The van der Waals surface area contributed by atoms with E-state index in [9.17, 15) is 9.59 Å². The van der Waals surface area contributed by atoms with Gasteiger partial charge in [0, 0.05) is 29.8 Å². The number of carbonyl (C=O) groups excluding carboxylic acids is 2. The van der Waals surface area contributed by atoms with Gasteiger partial charge in [0.2, 0.25) is 0 Å². The van der Waals surface area contributed by atoms with Crippen molar-refractivity contribution in [2.24, 2.45) is 0 Å². The Morgan fingerprint density at radius 1 is 0.949 bits per heavy atom. The first-order valence-corrected chi connectivity index (χ1v) is 13.5. The summed E-state index contributed by atoms with van der Waals surface area (Å²) < 4.78 is 11.2. The Morgan fingerprint density at radius 3 is 2.31 bits per heavy atom. The number of carbonyl (C=O) groups is 2. The van der Waals surface area contributed by atoms with Crippen LogP contribution in [0.15, 0.2) is 78.4 Å². The van der Waals surface area contributed by atoms with E-state index in [2.05, 4.69) is 24.3 Å². The molecule has 0 aromatic heterocycles. The van der Waals surface area contributed by atoms with Gasteiger partial charge in [-0.3, -0.25) is 4.79 Å². The van der Waals surface area contributed by atoms with Crippen LogP contribution in [0.25, 0.3) is 16.7 Å². The molecule has 7 heteroatoms. The van der Waals surface area contributed by atoms with E-state index >= 15 is 0 Å². The van der Waals surface area contributed by atoms with Crippen LogP contribution in [0.1, 0.15) is 39.7 Å². The molecule has 0 fully saturated rings. The highest BCUT2D eigenvalue weighted by Crippen LogP contribution is 2.36. The summed E-state index contributed by atoms with van der Waals surface area (Å²) in [5, 5.41) is 0.519. The van der Waals surface area contributed by atoms with Gasteiger partial charge in [0.1, 0.15) is 11.4 Å². The van der Waals surface area contributed by atoms with Crippen molar-refractivity contribution in [3.05, 3.63) is 89.0 Å². The van der Waals surface area contributed by atoms with Crippen LogP contribution in [-0.2, 0) is 9.53 Å². The summed E-state index contributed by atoms with van der Waals surface area (Å²) in [5.74, 6) is 0.317. The fourth-order valence-electron chi connectivity index (χ4n) is 4.74. The van der Waals surface area contributed by atoms with Crippen molar-refractivity contribution in [1.82, 2.24) is 4.90 Å². The molecule has 0 aliphatic carbocycles. The molecule has 204 valence electrons. The summed E-state index contributed by atoms with van der Waals surface area (Å²) in [5.41, 5.74) is 4.58. The second-order valence-electron chi connectivity index (χ2n) is 10.4. The van der Waals surface area contributed by atoms with Crippen LogP contribution >= 0.6 is 11.6 Å². The number of amides is 2. The molecular formula is C32H35ClN2O4. The zero-order valence-corrected chi connectivity index (χ0v) is 23.9. The fourth-order valence-corrected chi connectivity index (χ4v) is 4.90. The first-order valence-electron chi connectivity index (χ1n) is 13.1. The molecule has 0 N–H and O–H groups in total. The van der Waals surface area contributed by atoms with Gasteiger partial charge in [-0.1, -0.05) is 60.1 Å². The maximum atomic E-state index is 14.3. The van der Waals surface area contributed by atoms with Gasteiger partial charge in [-0.05, 0) is 74.6 Å². The predicted octanol–water partition coefficient (Wildman–Crippen LogP) is 7.46. The van der Waals surface area contributed by atoms with Gasteiger partial charge in [-0.2, -0.15) is 0 Å². The molecule has 0 unspecified atom stereocenters. The van der Waals surface area contributed by atoms with Crippen molar-refractivity contribution in [2.75, 3.05) is 31.6 Å². The highest BCUT2D eigenvalue weighted by atomic mass is 35.5. The molecule has 3 aromatic carbocycles. The van der Waals surface area contributed by atoms with Gasteiger partial charge in [0.25, 0.3) is 5.91 Å². The molecule has 1 aliphatic heterocycles. The number of hydrogen-bond donors (Lipinski definition) is 0. The largest absolute Gasteiger partial charge is 0.495 e. The highest BCUT2D eigenvalue weighted by Gasteiger charge is 2.33. The summed E-state index contributed by atoms with van der Waals surface area (Å²) in [4.78, 5) is 30.6. The normalized spacial score (nSPS) is 13.7. The number of anilines is 1. The van der Waals surface area contributed by atoms with E-state index in [-0.39, 0.29) is 12.5 Å². The van der Waals surface area contributed by atoms with Crippen LogP contribution in [0.3, 0.4) is 0 Å². The molecule has 0 saturated carbocycles. The van der Waals surface area contributed by atoms with Crippen molar-refractivity contribution < 1.29 is 19.1 Å². The number of nitrogens with zero attached hydrogens (tertiary/aromatic N) is 2. The minimum Gasteiger partial charge on any atom is -0.495 e. The van der Waals surface area contributed by atoms with E-state index in [4.69, 9.17) is 21.1 Å². The van der Waals surface area contributed by atoms with Gasteiger partial charge in [-0.25, -0.2) is 4.79 Å². The van der Waals surface area contributed by atoms with Crippen LogP contribution in [0.4, 0.5) is 10.5 Å². The Balaban J connectivity index is 1.80. The number of methoxy groups -OCH3 is 1. The van der Waals surface area contributed by atoms with E-state index in [1.807, 2.05) is 58.0 Å². The Hall–Kier alpha value is -3.77. The summed E-state index contributed by atoms with van der Waals surface area (Å²) in [6.45, 7) is 8.42. The van der Waals surface area contributed by atoms with Crippen molar-refractivity contribution in [3.8, 4) is 16.9 Å². The molecule has 0 atom stereocenters. The van der Waals surface area contributed by atoms with Gasteiger partial charge >= 0.3 is 6.09 Å². The van der Waals surface area contributed by atoms with Gasteiger partial charge < -0.3 is 19.3 Å². The van der Waals surface area contributed by atoms with Crippen LogP contribution in [-0.4, -0.2) is 49.2 Å². The molecule has 0 saturated heterocycles. The second-order valence-corrected chi connectivity index (χ2v) is 10.9. The number of benzene rings is 3. The summed E-state index contributed by atoms with van der Waals surface area (Å²) in [7, 11) is 1.55. The van der Waals surface area contributed by atoms with Gasteiger partial charge in [0.05, 0.1) is 19.3 Å². The lowest BCUT2D eigenvalue weighted by Crippen LogP contribution is -2.44. The maximum Gasteiger partial charge on any atom is 0.410 e. The standard InChI is InChI=1S/C32H35ClN2O4/c1-6-35(28-16-15-25(33)20-29(28)38-5)30(36)27-21-34(31(37)39-32(2,3)4)18-17-26(27)24-14-10-13-23(19-24)22-11-8-7-9-12-22/h7-16,19-20H,6,17-18,21H2,1-5H3. The number of likely N-dealkylation sites (N-methyl/N-ethyl adjacent to an activating group) is 1. The van der Waals surface area contributed by atoms with E-state index in [0.717, 1.165) is 22.3 Å². The summed E-state index contributed by atoms with van der Waals surface area (Å²) in [6, 6.07) is 23.6.